The minimum atomic E-state index is -5.04. The van der Waals surface area contributed by atoms with E-state index in [1.54, 1.807) is 0 Å². The molecular weight excluding hydrogens is 181 g/mol. The Morgan fingerprint density at radius 2 is 1.00 bits per heavy atom. The van der Waals surface area contributed by atoms with Gasteiger partial charge >= 0.3 is 52.8 Å². The van der Waals surface area contributed by atoms with Crippen LogP contribution < -0.4 is 0 Å². The summed E-state index contributed by atoms with van der Waals surface area (Å²) in [6, 6.07) is 0. The van der Waals surface area contributed by atoms with E-state index < -0.39 is 19.8 Å². The van der Waals surface area contributed by atoms with Crippen LogP contribution in [0.4, 0.5) is 26.3 Å². The Bertz CT molecular complexity index is 97.1. The molecule has 0 aromatic rings. The van der Waals surface area contributed by atoms with Gasteiger partial charge in [-0.3, -0.25) is 0 Å². The average Bonchev–Trinajstić information content (AvgIpc) is 1.59. The van der Waals surface area contributed by atoms with Crippen molar-refractivity contribution in [2.45, 2.75) is 11.8 Å². The first-order valence-electron chi connectivity index (χ1n) is 2.29. The van der Waals surface area contributed by atoms with Crippen molar-refractivity contribution >= 4 is 7.92 Å². The van der Waals surface area contributed by atoms with E-state index >= 15 is 0 Å². The molecule has 10 heavy (non-hydrogen) atoms. The van der Waals surface area contributed by atoms with Crippen LogP contribution in [0.3, 0.4) is 0 Å². The Hall–Kier alpha value is 0.01000. The Morgan fingerprint density at radius 3 is 1.00 bits per heavy atom. The van der Waals surface area contributed by atoms with Gasteiger partial charge in [-0.15, -0.1) is 0 Å². The van der Waals surface area contributed by atoms with E-state index in [1.807, 2.05) is 0 Å². The molecule has 0 amide bonds. The van der Waals surface area contributed by atoms with Gasteiger partial charge in [-0.05, 0) is 0 Å². The zero-order valence-electron chi connectivity index (χ0n) is 4.85. The number of alkyl halides is 6. The van der Waals surface area contributed by atoms with Crippen LogP contribution in [0, 0.1) is 0 Å². The van der Waals surface area contributed by atoms with Crippen molar-refractivity contribution in [3.05, 3.63) is 0 Å². The van der Waals surface area contributed by atoms with Crippen molar-refractivity contribution in [3.8, 4) is 0 Å². The van der Waals surface area contributed by atoms with Crippen LogP contribution in [-0.4, -0.2) is 18.5 Å². The zero-order valence-corrected chi connectivity index (χ0v) is 6.00. The van der Waals surface area contributed by atoms with Gasteiger partial charge in [0.15, 0.2) is 0 Å². The van der Waals surface area contributed by atoms with Crippen molar-refractivity contribution < 1.29 is 26.3 Å². The predicted octanol–water partition coefficient (Wildman–Crippen LogP) is 2.60. The fraction of sp³-hybridized carbons (Fsp3) is 1.00. The summed E-state index contributed by atoms with van der Waals surface area (Å²) in [5.74, 6) is -10.1. The quantitative estimate of drug-likeness (QED) is 0.403. The van der Waals surface area contributed by atoms with Gasteiger partial charge in [0.05, 0.1) is 0 Å². The summed E-state index contributed by atoms with van der Waals surface area (Å²) in [5, 5.41) is 0. The standard InChI is InChI=1S/C3H5F6P/c1-10(2(4,5)6)3(7,8)9/h10H2,1H3. The zero-order chi connectivity index (χ0) is 8.58. The summed E-state index contributed by atoms with van der Waals surface area (Å²) >= 11 is 0. The van der Waals surface area contributed by atoms with E-state index in [4.69, 9.17) is 0 Å². The third-order valence-electron chi connectivity index (χ3n) is 0.982. The summed E-state index contributed by atoms with van der Waals surface area (Å²) in [7, 11) is -4.58. The van der Waals surface area contributed by atoms with Crippen molar-refractivity contribution in [1.82, 2.24) is 0 Å². The van der Waals surface area contributed by atoms with Crippen LogP contribution in [0.15, 0.2) is 0 Å². The summed E-state index contributed by atoms with van der Waals surface area (Å²) in [6.45, 7) is 0.222. The second-order valence-corrected chi connectivity index (χ2v) is 4.56. The minimum absolute atomic E-state index is 0.222. The molecule has 0 fully saturated rings. The van der Waals surface area contributed by atoms with Crippen LogP contribution in [-0.2, 0) is 0 Å². The monoisotopic (exact) mass is 186 g/mol. The number of hydrogen-bond acceptors (Lipinski definition) is 0. The molecule has 64 valence electrons. The molecular formula is C3H5F6P. The van der Waals surface area contributed by atoms with E-state index in [9.17, 15) is 26.3 Å². The maximum absolute atomic E-state index is 11.3. The van der Waals surface area contributed by atoms with Crippen LogP contribution >= 0.6 is 7.92 Å². The normalized spacial score (nSPS) is 15.3. The van der Waals surface area contributed by atoms with E-state index in [0.29, 0.717) is 0 Å². The van der Waals surface area contributed by atoms with Gasteiger partial charge in [-0.2, -0.15) is 0 Å². The van der Waals surface area contributed by atoms with Gasteiger partial charge in [-0.25, -0.2) is 0 Å². The second kappa shape index (κ2) is 2.57. The molecule has 0 unspecified atom stereocenters. The first kappa shape index (κ1) is 10.0. The molecule has 0 aliphatic rings. The first-order chi connectivity index (χ1) is 4.15. The summed E-state index contributed by atoms with van der Waals surface area (Å²) < 4.78 is 67.7. The van der Waals surface area contributed by atoms with Crippen molar-refractivity contribution in [2.75, 3.05) is 6.66 Å². The van der Waals surface area contributed by atoms with Crippen LogP contribution in [0.1, 0.15) is 0 Å². The second-order valence-electron chi connectivity index (χ2n) is 1.80. The Labute approximate surface area is 54.0 Å². The van der Waals surface area contributed by atoms with Crippen molar-refractivity contribution in [2.24, 2.45) is 0 Å². The van der Waals surface area contributed by atoms with E-state index in [-0.39, 0.29) is 6.66 Å². The number of hydrogen-bond donors (Lipinski definition) is 0. The fourth-order valence-electron chi connectivity index (χ4n) is 0.186. The summed E-state index contributed by atoms with van der Waals surface area (Å²) in [4.78, 5) is 0. The van der Waals surface area contributed by atoms with Gasteiger partial charge in [0.2, 0.25) is 0 Å². The molecule has 0 aliphatic heterocycles. The maximum atomic E-state index is 11.3. The van der Waals surface area contributed by atoms with Gasteiger partial charge in [0.25, 0.3) is 0 Å². The predicted molar refractivity (Wildman–Crippen MR) is 27.7 cm³/mol. The molecule has 0 aromatic heterocycles. The molecule has 0 heterocycles. The molecule has 0 bridgehead atoms. The molecule has 0 nitrogen and oxygen atoms in total. The van der Waals surface area contributed by atoms with Gasteiger partial charge in [-0.1, -0.05) is 0 Å². The summed E-state index contributed by atoms with van der Waals surface area (Å²) in [6.07, 6.45) is 0. The SMILES string of the molecule is C[PH2](C(F)(F)F)C(F)(F)F. The molecule has 0 saturated carbocycles. The topological polar surface area (TPSA) is 0 Å². The van der Waals surface area contributed by atoms with E-state index in [2.05, 4.69) is 0 Å². The molecule has 0 spiro atoms. The van der Waals surface area contributed by atoms with Gasteiger partial charge < -0.3 is 0 Å². The third kappa shape index (κ3) is 2.73. The summed E-state index contributed by atoms with van der Waals surface area (Å²) in [5.41, 5.74) is 0. The Kier molecular flexibility index (Phi) is 2.57. The van der Waals surface area contributed by atoms with E-state index in [1.165, 1.54) is 0 Å². The van der Waals surface area contributed by atoms with E-state index in [0.717, 1.165) is 0 Å². The van der Waals surface area contributed by atoms with Gasteiger partial charge in [0.1, 0.15) is 0 Å². The average molecular weight is 186 g/mol. The van der Waals surface area contributed by atoms with Crippen molar-refractivity contribution in [1.29, 1.82) is 0 Å². The van der Waals surface area contributed by atoms with Crippen LogP contribution in [0.25, 0.3) is 0 Å². The van der Waals surface area contributed by atoms with Crippen LogP contribution in [0.2, 0.25) is 0 Å². The molecule has 0 aliphatic carbocycles. The molecule has 0 radical (unpaired) electrons. The molecule has 0 saturated heterocycles. The fourth-order valence-corrected chi connectivity index (χ4v) is 0.557. The molecule has 0 rings (SSSR count). The molecule has 0 atom stereocenters. The Balaban J connectivity index is 4.23. The number of rotatable bonds is 0. The molecule has 0 N–H and O–H groups in total. The van der Waals surface area contributed by atoms with Crippen LogP contribution in [0.5, 0.6) is 0 Å². The van der Waals surface area contributed by atoms with Gasteiger partial charge in [0, 0.05) is 0 Å². The molecule has 7 heteroatoms. The Morgan fingerprint density at radius 1 is 0.800 bits per heavy atom. The third-order valence-corrected chi connectivity index (χ3v) is 2.95. The first-order valence-corrected chi connectivity index (χ1v) is 4.60. The number of halogens is 6. The van der Waals surface area contributed by atoms with Crippen molar-refractivity contribution in [3.63, 3.8) is 0 Å². The molecule has 0 aromatic carbocycles.